The summed E-state index contributed by atoms with van der Waals surface area (Å²) in [5.74, 6) is 0.707. The van der Waals surface area contributed by atoms with Crippen LogP contribution in [-0.4, -0.2) is 28.3 Å². The Morgan fingerprint density at radius 1 is 1.28 bits per heavy atom. The van der Waals surface area contributed by atoms with Crippen LogP contribution >= 0.6 is 24.0 Å². The van der Waals surface area contributed by atoms with Crippen molar-refractivity contribution in [2.24, 2.45) is 0 Å². The molecule has 0 aliphatic carbocycles. The number of thioether (sulfide) groups is 1. The molecule has 1 saturated heterocycles. The first kappa shape index (κ1) is 17.7. The van der Waals surface area contributed by atoms with Gasteiger partial charge in [0.1, 0.15) is 10.1 Å². The fourth-order valence-electron chi connectivity index (χ4n) is 2.68. The Morgan fingerprint density at radius 3 is 2.84 bits per heavy atom. The summed E-state index contributed by atoms with van der Waals surface area (Å²) in [7, 11) is 0. The van der Waals surface area contributed by atoms with Crippen LogP contribution in [0.2, 0.25) is 0 Å². The lowest BCUT2D eigenvalue weighted by Crippen LogP contribution is -2.27. The molecule has 3 nitrogen and oxygen atoms in total. The van der Waals surface area contributed by atoms with Crippen LogP contribution in [0, 0.1) is 0 Å². The second-order valence-corrected chi connectivity index (χ2v) is 7.30. The Morgan fingerprint density at radius 2 is 2.08 bits per heavy atom. The fraction of sp³-hybridized carbons (Fsp3) is 0.200. The zero-order valence-electron chi connectivity index (χ0n) is 14.0. The summed E-state index contributed by atoms with van der Waals surface area (Å²) >= 11 is 6.65. The maximum absolute atomic E-state index is 12.6. The van der Waals surface area contributed by atoms with Gasteiger partial charge in [-0.05, 0) is 29.3 Å². The van der Waals surface area contributed by atoms with E-state index in [0.29, 0.717) is 22.4 Å². The van der Waals surface area contributed by atoms with Crippen molar-refractivity contribution in [3.8, 4) is 5.75 Å². The van der Waals surface area contributed by atoms with E-state index in [1.165, 1.54) is 11.8 Å². The number of thiocarbonyl (C=S) groups is 1. The molecule has 25 heavy (non-hydrogen) atoms. The maximum atomic E-state index is 12.6. The van der Waals surface area contributed by atoms with E-state index in [4.69, 9.17) is 17.0 Å². The lowest BCUT2D eigenvalue weighted by Gasteiger charge is -2.12. The molecule has 0 N–H and O–H groups in total. The van der Waals surface area contributed by atoms with E-state index in [1.807, 2.05) is 36.4 Å². The summed E-state index contributed by atoms with van der Waals surface area (Å²) in [6, 6.07) is 12.1. The largest absolute Gasteiger partial charge is 0.493 e. The summed E-state index contributed by atoms with van der Waals surface area (Å²) in [6.07, 6.45) is 4.50. The van der Waals surface area contributed by atoms with Crippen LogP contribution in [0.15, 0.2) is 54.0 Å². The van der Waals surface area contributed by atoms with Crippen LogP contribution in [0.1, 0.15) is 18.9 Å². The van der Waals surface area contributed by atoms with Gasteiger partial charge in [0.25, 0.3) is 5.91 Å². The summed E-state index contributed by atoms with van der Waals surface area (Å²) < 4.78 is 6.48. The number of rotatable bonds is 6. The Bertz CT molecular complexity index is 873. The highest BCUT2D eigenvalue weighted by molar-refractivity contribution is 8.26. The SMILES string of the molecule is C=CCN1C(=O)/C(=C\c2c(OCCC)ccc3ccccc23)SC1=S. The molecule has 0 bridgehead atoms. The van der Waals surface area contributed by atoms with Crippen LogP contribution in [0.25, 0.3) is 16.8 Å². The maximum Gasteiger partial charge on any atom is 0.266 e. The minimum absolute atomic E-state index is 0.0794. The number of fused-ring (bicyclic) bond motifs is 1. The first-order valence-corrected chi connectivity index (χ1v) is 9.39. The quantitative estimate of drug-likeness (QED) is 0.406. The predicted octanol–water partition coefficient (Wildman–Crippen LogP) is 5.02. The van der Waals surface area contributed by atoms with Gasteiger partial charge in [-0.2, -0.15) is 0 Å². The molecular weight excluding hydrogens is 350 g/mol. The molecule has 0 atom stereocenters. The summed E-state index contributed by atoms with van der Waals surface area (Å²) in [5, 5.41) is 2.17. The van der Waals surface area contributed by atoms with Crippen molar-refractivity contribution in [3.63, 3.8) is 0 Å². The average Bonchev–Trinajstić information content (AvgIpc) is 2.89. The molecule has 1 aliphatic rings. The lowest BCUT2D eigenvalue weighted by atomic mass is 10.0. The van der Waals surface area contributed by atoms with E-state index in [-0.39, 0.29) is 5.91 Å². The number of nitrogens with zero attached hydrogens (tertiary/aromatic N) is 1. The Balaban J connectivity index is 2.09. The Kier molecular flexibility index (Phi) is 5.56. The molecule has 128 valence electrons. The highest BCUT2D eigenvalue weighted by Gasteiger charge is 2.31. The first-order chi connectivity index (χ1) is 12.2. The van der Waals surface area contributed by atoms with E-state index in [0.717, 1.165) is 28.5 Å². The summed E-state index contributed by atoms with van der Waals surface area (Å²) in [4.78, 5) is 14.8. The van der Waals surface area contributed by atoms with E-state index >= 15 is 0 Å². The third kappa shape index (κ3) is 3.62. The third-order valence-electron chi connectivity index (χ3n) is 3.85. The molecule has 0 spiro atoms. The van der Waals surface area contributed by atoms with Gasteiger partial charge in [0.05, 0.1) is 11.5 Å². The highest BCUT2D eigenvalue weighted by atomic mass is 32.2. The van der Waals surface area contributed by atoms with Crippen LogP contribution in [-0.2, 0) is 4.79 Å². The van der Waals surface area contributed by atoms with Crippen molar-refractivity contribution < 1.29 is 9.53 Å². The predicted molar refractivity (Wildman–Crippen MR) is 110 cm³/mol. The van der Waals surface area contributed by atoms with Gasteiger partial charge in [-0.1, -0.05) is 67.3 Å². The number of ether oxygens (including phenoxy) is 1. The molecule has 1 aliphatic heterocycles. The van der Waals surface area contributed by atoms with Crippen molar-refractivity contribution in [1.82, 2.24) is 4.90 Å². The number of carbonyl (C=O) groups excluding carboxylic acids is 1. The van der Waals surface area contributed by atoms with Crippen LogP contribution in [0.3, 0.4) is 0 Å². The number of carbonyl (C=O) groups is 1. The molecule has 3 rings (SSSR count). The molecule has 1 amide bonds. The smallest absolute Gasteiger partial charge is 0.266 e. The Hall–Kier alpha value is -2.11. The molecule has 1 fully saturated rings. The number of benzene rings is 2. The second kappa shape index (κ2) is 7.85. The van der Waals surface area contributed by atoms with Gasteiger partial charge in [-0.3, -0.25) is 9.69 Å². The molecular formula is C20H19NO2S2. The van der Waals surface area contributed by atoms with Gasteiger partial charge in [0.2, 0.25) is 0 Å². The van der Waals surface area contributed by atoms with E-state index in [9.17, 15) is 4.79 Å². The van der Waals surface area contributed by atoms with E-state index < -0.39 is 0 Å². The third-order valence-corrected chi connectivity index (χ3v) is 5.23. The molecule has 0 aromatic heterocycles. The van der Waals surface area contributed by atoms with Crippen LogP contribution < -0.4 is 4.74 Å². The van der Waals surface area contributed by atoms with Crippen LogP contribution in [0.4, 0.5) is 0 Å². The van der Waals surface area contributed by atoms with Crippen molar-refractivity contribution in [3.05, 3.63) is 59.5 Å². The van der Waals surface area contributed by atoms with E-state index in [1.54, 1.807) is 11.0 Å². The number of hydrogen-bond acceptors (Lipinski definition) is 4. The van der Waals surface area contributed by atoms with E-state index in [2.05, 4.69) is 19.6 Å². The van der Waals surface area contributed by atoms with Gasteiger partial charge in [-0.25, -0.2) is 0 Å². The molecule has 5 heteroatoms. The van der Waals surface area contributed by atoms with Gasteiger partial charge in [0, 0.05) is 12.1 Å². The lowest BCUT2D eigenvalue weighted by molar-refractivity contribution is -0.121. The fourth-order valence-corrected chi connectivity index (χ4v) is 3.94. The minimum Gasteiger partial charge on any atom is -0.493 e. The molecule has 0 radical (unpaired) electrons. The van der Waals surface area contributed by atoms with Crippen LogP contribution in [0.5, 0.6) is 5.75 Å². The summed E-state index contributed by atoms with van der Waals surface area (Å²) in [5.41, 5.74) is 0.922. The second-order valence-electron chi connectivity index (χ2n) is 5.63. The number of hydrogen-bond donors (Lipinski definition) is 0. The Labute approximate surface area is 157 Å². The average molecular weight is 370 g/mol. The molecule has 2 aromatic carbocycles. The molecule has 2 aromatic rings. The number of amides is 1. The zero-order valence-corrected chi connectivity index (χ0v) is 15.7. The summed E-state index contributed by atoms with van der Waals surface area (Å²) in [6.45, 7) is 6.82. The molecule has 1 heterocycles. The van der Waals surface area contributed by atoms with Crippen molar-refractivity contribution in [2.45, 2.75) is 13.3 Å². The van der Waals surface area contributed by atoms with Crippen molar-refractivity contribution >= 4 is 51.1 Å². The molecule has 0 unspecified atom stereocenters. The highest BCUT2D eigenvalue weighted by Crippen LogP contribution is 2.36. The molecule has 0 saturated carbocycles. The first-order valence-electron chi connectivity index (χ1n) is 8.16. The van der Waals surface area contributed by atoms with Crippen molar-refractivity contribution in [1.29, 1.82) is 0 Å². The van der Waals surface area contributed by atoms with Crippen molar-refractivity contribution in [2.75, 3.05) is 13.2 Å². The monoisotopic (exact) mass is 369 g/mol. The zero-order chi connectivity index (χ0) is 17.8. The van der Waals surface area contributed by atoms with Gasteiger partial charge >= 0.3 is 0 Å². The normalized spacial score (nSPS) is 16.0. The standard InChI is InChI=1S/C20H19NO2S2/c1-3-11-21-19(22)18(25-20(21)24)13-16-15-8-6-5-7-14(15)9-10-17(16)23-12-4-2/h3,5-10,13H,1,4,11-12H2,2H3/b18-13+. The topological polar surface area (TPSA) is 29.5 Å². The van der Waals surface area contributed by atoms with Gasteiger partial charge in [0.15, 0.2) is 0 Å². The van der Waals surface area contributed by atoms with Gasteiger partial charge < -0.3 is 4.74 Å². The van der Waals surface area contributed by atoms with Gasteiger partial charge in [-0.15, -0.1) is 6.58 Å². The minimum atomic E-state index is -0.0794.